The summed E-state index contributed by atoms with van der Waals surface area (Å²) >= 11 is 39.0. The van der Waals surface area contributed by atoms with E-state index in [-0.39, 0.29) is 32.7 Å². The molecule has 25 heavy (non-hydrogen) atoms. The van der Waals surface area contributed by atoms with E-state index in [1.165, 1.54) is 26.0 Å². The van der Waals surface area contributed by atoms with Crippen LogP contribution in [0.25, 0.3) is 0 Å². The van der Waals surface area contributed by atoms with E-state index in [1.54, 1.807) is 0 Å². The second kappa shape index (κ2) is 5.82. The van der Waals surface area contributed by atoms with Crippen LogP contribution in [-0.4, -0.2) is 16.3 Å². The van der Waals surface area contributed by atoms with Gasteiger partial charge in [0.1, 0.15) is 21.2 Å². The highest BCUT2D eigenvalue weighted by Crippen LogP contribution is 2.79. The molecule has 1 aromatic rings. The largest absolute Gasteiger partial charge is 0.426 e. The standard InChI is InChI=1S/C15H8Cl6O4/c1-5(22)24-7-3-4-8(25-6(2)23)10-9(7)13(18)11(16)12(17)14(10,19)15(13,20)21/h3-4H,1-2H3. The van der Waals surface area contributed by atoms with Gasteiger partial charge in [-0.1, -0.05) is 46.4 Å². The summed E-state index contributed by atoms with van der Waals surface area (Å²) in [6.45, 7) is 2.41. The average Bonchev–Trinajstić information content (AvgIpc) is 2.70. The van der Waals surface area contributed by atoms with Gasteiger partial charge >= 0.3 is 11.9 Å². The Hall–Kier alpha value is -0.360. The van der Waals surface area contributed by atoms with Crippen LogP contribution in [-0.2, 0) is 19.3 Å². The molecule has 0 heterocycles. The molecule has 0 spiro atoms. The van der Waals surface area contributed by atoms with Gasteiger partial charge in [-0.15, -0.1) is 23.2 Å². The fourth-order valence-electron chi connectivity index (χ4n) is 3.08. The average molecular weight is 465 g/mol. The number of hydrogen-bond acceptors (Lipinski definition) is 4. The summed E-state index contributed by atoms with van der Waals surface area (Å²) in [6, 6.07) is 2.76. The summed E-state index contributed by atoms with van der Waals surface area (Å²) < 4.78 is 8.45. The summed E-state index contributed by atoms with van der Waals surface area (Å²) in [5.41, 5.74) is 0.245. The monoisotopic (exact) mass is 462 g/mol. The van der Waals surface area contributed by atoms with E-state index >= 15 is 0 Å². The zero-order chi connectivity index (χ0) is 18.9. The molecule has 2 bridgehead atoms. The molecule has 2 aliphatic carbocycles. The fraction of sp³-hybridized carbons (Fsp3) is 0.333. The third kappa shape index (κ3) is 2.22. The number of carbonyl (C=O) groups is 2. The molecule has 0 amide bonds. The lowest BCUT2D eigenvalue weighted by molar-refractivity contribution is -0.133. The molecule has 0 fully saturated rings. The maximum Gasteiger partial charge on any atom is 0.308 e. The van der Waals surface area contributed by atoms with E-state index in [2.05, 4.69) is 0 Å². The predicted octanol–water partition coefficient (Wildman–Crippen LogP) is 5.30. The Morgan fingerprint density at radius 1 is 0.800 bits per heavy atom. The third-order valence-electron chi connectivity index (χ3n) is 3.99. The number of rotatable bonds is 2. The van der Waals surface area contributed by atoms with Gasteiger partial charge in [0.2, 0.25) is 0 Å². The van der Waals surface area contributed by atoms with Crippen LogP contribution in [0.15, 0.2) is 22.2 Å². The highest BCUT2D eigenvalue weighted by Gasteiger charge is 2.79. The summed E-state index contributed by atoms with van der Waals surface area (Å²) in [5, 5.41) is -0.201. The van der Waals surface area contributed by atoms with Crippen molar-refractivity contribution in [1.29, 1.82) is 0 Å². The first-order valence-corrected chi connectivity index (χ1v) is 9.04. The van der Waals surface area contributed by atoms with Crippen molar-refractivity contribution in [3.63, 3.8) is 0 Å². The number of hydrogen-bond donors (Lipinski definition) is 0. The van der Waals surface area contributed by atoms with E-state index in [1.807, 2.05) is 0 Å². The van der Waals surface area contributed by atoms with Crippen molar-refractivity contribution in [2.45, 2.75) is 27.9 Å². The van der Waals surface area contributed by atoms with Crippen molar-refractivity contribution in [2.75, 3.05) is 0 Å². The number of carbonyl (C=O) groups excluding carboxylic acids is 2. The molecule has 0 radical (unpaired) electrons. The minimum absolute atomic E-state index is 0.0314. The first-order chi connectivity index (χ1) is 11.4. The van der Waals surface area contributed by atoms with Crippen molar-refractivity contribution in [3.8, 4) is 11.5 Å². The van der Waals surface area contributed by atoms with Crippen LogP contribution in [0.5, 0.6) is 11.5 Å². The SMILES string of the molecule is CC(=O)Oc1ccc(OC(C)=O)c2c1C1(Cl)C(Cl)=C(Cl)C2(Cl)C1(Cl)Cl. The summed E-state index contributed by atoms with van der Waals surface area (Å²) in [7, 11) is 0. The lowest BCUT2D eigenvalue weighted by Gasteiger charge is -2.31. The van der Waals surface area contributed by atoms with Crippen LogP contribution >= 0.6 is 69.6 Å². The molecule has 134 valence electrons. The molecule has 0 aromatic heterocycles. The number of esters is 2. The van der Waals surface area contributed by atoms with Crippen molar-refractivity contribution >= 4 is 81.5 Å². The minimum atomic E-state index is -1.94. The fourth-order valence-corrected chi connectivity index (χ4v) is 5.78. The quantitative estimate of drug-likeness (QED) is 0.339. The lowest BCUT2D eigenvalue weighted by Crippen LogP contribution is -2.39. The third-order valence-corrected chi connectivity index (χ3v) is 8.07. The molecular formula is C15H8Cl6O4. The highest BCUT2D eigenvalue weighted by molar-refractivity contribution is 6.65. The topological polar surface area (TPSA) is 52.6 Å². The zero-order valence-corrected chi connectivity index (χ0v) is 17.1. The Balaban J connectivity index is 2.42. The summed E-state index contributed by atoms with van der Waals surface area (Å²) in [4.78, 5) is 19.3. The number of fused-ring (bicyclic) bond motifs is 5. The van der Waals surface area contributed by atoms with Crippen LogP contribution < -0.4 is 9.47 Å². The Kier molecular flexibility index (Phi) is 4.51. The van der Waals surface area contributed by atoms with E-state index < -0.39 is 26.0 Å². The first kappa shape index (κ1) is 19.4. The molecule has 0 saturated carbocycles. The molecule has 2 aliphatic rings. The molecular weight excluding hydrogens is 457 g/mol. The van der Waals surface area contributed by atoms with Crippen molar-refractivity contribution in [2.24, 2.45) is 0 Å². The van der Waals surface area contributed by atoms with Crippen molar-refractivity contribution in [1.82, 2.24) is 0 Å². The normalized spacial score (nSPS) is 28.8. The molecule has 2 unspecified atom stereocenters. The van der Waals surface area contributed by atoms with Crippen LogP contribution in [0, 0.1) is 0 Å². The molecule has 0 N–H and O–H groups in total. The maximum atomic E-state index is 11.5. The van der Waals surface area contributed by atoms with Gasteiger partial charge in [-0.3, -0.25) is 9.59 Å². The van der Waals surface area contributed by atoms with Gasteiger partial charge < -0.3 is 9.47 Å². The van der Waals surface area contributed by atoms with Crippen LogP contribution in [0.4, 0.5) is 0 Å². The summed E-state index contributed by atoms with van der Waals surface area (Å²) in [5.74, 6) is -1.17. The van der Waals surface area contributed by atoms with Crippen molar-refractivity contribution in [3.05, 3.63) is 33.3 Å². The maximum absolute atomic E-state index is 11.5. The Labute approximate surface area is 172 Å². The molecule has 0 aliphatic heterocycles. The second-order valence-electron chi connectivity index (χ2n) is 5.52. The van der Waals surface area contributed by atoms with Crippen LogP contribution in [0.2, 0.25) is 0 Å². The minimum Gasteiger partial charge on any atom is -0.426 e. The summed E-state index contributed by atoms with van der Waals surface area (Å²) in [6.07, 6.45) is 0. The molecule has 10 heteroatoms. The molecule has 1 aromatic carbocycles. The number of alkyl halides is 4. The highest BCUT2D eigenvalue weighted by atomic mass is 35.5. The lowest BCUT2D eigenvalue weighted by atomic mass is 9.93. The van der Waals surface area contributed by atoms with Gasteiger partial charge in [0, 0.05) is 25.0 Å². The van der Waals surface area contributed by atoms with Gasteiger partial charge in [-0.05, 0) is 12.1 Å². The van der Waals surface area contributed by atoms with E-state index in [0.717, 1.165) is 0 Å². The van der Waals surface area contributed by atoms with E-state index in [4.69, 9.17) is 79.1 Å². The number of halogens is 6. The van der Waals surface area contributed by atoms with Gasteiger partial charge in [0.15, 0.2) is 4.33 Å². The van der Waals surface area contributed by atoms with Gasteiger partial charge in [0.25, 0.3) is 0 Å². The predicted molar refractivity (Wildman–Crippen MR) is 97.3 cm³/mol. The van der Waals surface area contributed by atoms with Crippen molar-refractivity contribution < 1.29 is 19.1 Å². The Morgan fingerprint density at radius 2 is 1.12 bits per heavy atom. The molecule has 2 atom stereocenters. The van der Waals surface area contributed by atoms with E-state index in [9.17, 15) is 9.59 Å². The van der Waals surface area contributed by atoms with Crippen LogP contribution in [0.3, 0.4) is 0 Å². The first-order valence-electron chi connectivity index (χ1n) is 6.77. The van der Waals surface area contributed by atoms with E-state index in [0.29, 0.717) is 0 Å². The molecule has 0 saturated heterocycles. The zero-order valence-electron chi connectivity index (χ0n) is 12.6. The van der Waals surface area contributed by atoms with Gasteiger partial charge in [0.05, 0.1) is 10.1 Å². The van der Waals surface area contributed by atoms with Gasteiger partial charge in [-0.2, -0.15) is 0 Å². The van der Waals surface area contributed by atoms with Gasteiger partial charge in [-0.25, -0.2) is 0 Å². The molecule has 3 rings (SSSR count). The smallest absolute Gasteiger partial charge is 0.308 e. The number of ether oxygens (including phenoxy) is 2. The Morgan fingerprint density at radius 3 is 1.40 bits per heavy atom. The number of benzene rings is 1. The molecule has 4 nitrogen and oxygen atoms in total. The number of allylic oxidation sites excluding steroid dienone is 2. The van der Waals surface area contributed by atoms with Crippen LogP contribution in [0.1, 0.15) is 25.0 Å². The second-order valence-corrected chi connectivity index (χ2v) is 8.74. The Bertz CT molecular complexity index is 797.